The second kappa shape index (κ2) is 12.2. The Morgan fingerprint density at radius 2 is 2.12 bits per heavy atom. The van der Waals surface area contributed by atoms with Crippen LogP contribution in [0.3, 0.4) is 0 Å². The summed E-state index contributed by atoms with van der Waals surface area (Å²) in [7, 11) is 0. The summed E-state index contributed by atoms with van der Waals surface area (Å²) in [5.74, 6) is 4.62. The standard InChI is InChI=1S/C18H28N2O5/c1-2-3-7-11-19-18(24)25-14-15-10-13-20(17(15)23)12-8-5-4-6-9-16(21)22/h15H,2-4,6-7,9-14H2,1H3,(H,19,24)(H,21,22)/t15-/m1/s1. The third-order valence-electron chi connectivity index (χ3n) is 3.96. The van der Waals surface area contributed by atoms with Gasteiger partial charge in [-0.25, -0.2) is 4.79 Å². The average Bonchev–Trinajstić information content (AvgIpc) is 2.93. The van der Waals surface area contributed by atoms with Crippen LogP contribution in [-0.4, -0.2) is 54.2 Å². The van der Waals surface area contributed by atoms with Crippen molar-refractivity contribution in [2.45, 2.75) is 51.9 Å². The molecule has 0 bridgehead atoms. The van der Waals surface area contributed by atoms with Gasteiger partial charge in [0.25, 0.3) is 0 Å². The average molecular weight is 352 g/mol. The number of carboxylic acids is 1. The summed E-state index contributed by atoms with van der Waals surface area (Å²) in [5.41, 5.74) is 0. The van der Waals surface area contributed by atoms with Gasteiger partial charge in [0.2, 0.25) is 5.91 Å². The number of unbranched alkanes of at least 4 members (excludes halogenated alkanes) is 3. The summed E-state index contributed by atoms with van der Waals surface area (Å²) in [6.45, 7) is 3.73. The number of rotatable bonds is 10. The second-order valence-corrected chi connectivity index (χ2v) is 6.08. The largest absolute Gasteiger partial charge is 0.481 e. The van der Waals surface area contributed by atoms with Crippen LogP contribution in [0, 0.1) is 17.8 Å². The molecule has 0 radical (unpaired) electrons. The van der Waals surface area contributed by atoms with E-state index in [-0.39, 0.29) is 24.9 Å². The minimum atomic E-state index is -0.825. The number of alkyl carbamates (subject to hydrolysis) is 1. The van der Waals surface area contributed by atoms with Crippen LogP contribution in [0.2, 0.25) is 0 Å². The number of hydrogen-bond acceptors (Lipinski definition) is 4. The molecule has 0 aromatic rings. The number of carbonyl (C=O) groups is 3. The number of nitrogens with zero attached hydrogens (tertiary/aromatic N) is 1. The maximum atomic E-state index is 12.2. The first-order valence-corrected chi connectivity index (χ1v) is 8.91. The minimum absolute atomic E-state index is 0.0429. The highest BCUT2D eigenvalue weighted by molar-refractivity contribution is 5.81. The van der Waals surface area contributed by atoms with Crippen molar-refractivity contribution in [2.24, 2.45) is 5.92 Å². The third kappa shape index (κ3) is 8.99. The SMILES string of the molecule is CCCCCNC(=O)OC[C@H]1CCN(CC#CCCCC(=O)O)C1=O. The third-order valence-corrected chi connectivity index (χ3v) is 3.96. The quantitative estimate of drug-likeness (QED) is 0.463. The summed E-state index contributed by atoms with van der Waals surface area (Å²) < 4.78 is 5.12. The first-order chi connectivity index (χ1) is 12.0. The summed E-state index contributed by atoms with van der Waals surface area (Å²) in [6.07, 6.45) is 4.39. The lowest BCUT2D eigenvalue weighted by Gasteiger charge is -2.13. The fourth-order valence-corrected chi connectivity index (χ4v) is 2.48. The number of carboxylic acid groups (broad SMARTS) is 1. The lowest BCUT2D eigenvalue weighted by molar-refractivity contribution is -0.137. The fraction of sp³-hybridized carbons (Fsp3) is 0.722. The van der Waals surface area contributed by atoms with Crippen molar-refractivity contribution in [1.82, 2.24) is 10.2 Å². The van der Waals surface area contributed by atoms with E-state index in [1.54, 1.807) is 4.90 Å². The summed E-state index contributed by atoms with van der Waals surface area (Å²) >= 11 is 0. The van der Waals surface area contributed by atoms with E-state index in [0.29, 0.717) is 38.9 Å². The maximum Gasteiger partial charge on any atom is 0.407 e. The van der Waals surface area contributed by atoms with Crippen LogP contribution in [0.1, 0.15) is 51.9 Å². The van der Waals surface area contributed by atoms with Crippen molar-refractivity contribution in [3.63, 3.8) is 0 Å². The molecule has 0 aliphatic carbocycles. The van der Waals surface area contributed by atoms with Gasteiger partial charge in [0.05, 0.1) is 12.5 Å². The number of hydrogen-bond donors (Lipinski definition) is 2. The van der Waals surface area contributed by atoms with E-state index in [2.05, 4.69) is 24.1 Å². The van der Waals surface area contributed by atoms with E-state index in [0.717, 1.165) is 19.3 Å². The Balaban J connectivity index is 2.19. The smallest absolute Gasteiger partial charge is 0.407 e. The van der Waals surface area contributed by atoms with Crippen molar-refractivity contribution in [1.29, 1.82) is 0 Å². The van der Waals surface area contributed by atoms with E-state index < -0.39 is 12.1 Å². The van der Waals surface area contributed by atoms with Crippen LogP contribution < -0.4 is 5.32 Å². The van der Waals surface area contributed by atoms with E-state index in [9.17, 15) is 14.4 Å². The van der Waals surface area contributed by atoms with Crippen molar-refractivity contribution >= 4 is 18.0 Å². The number of ether oxygens (including phenoxy) is 1. The number of likely N-dealkylation sites (tertiary alicyclic amines) is 1. The monoisotopic (exact) mass is 352 g/mol. The molecular formula is C18H28N2O5. The molecule has 0 aromatic carbocycles. The minimum Gasteiger partial charge on any atom is -0.481 e. The molecule has 25 heavy (non-hydrogen) atoms. The summed E-state index contributed by atoms with van der Waals surface area (Å²) in [6, 6.07) is 0. The molecule has 1 rings (SSSR count). The number of carbonyl (C=O) groups excluding carboxylic acids is 2. The lowest BCUT2D eigenvalue weighted by Crippen LogP contribution is -2.31. The van der Waals surface area contributed by atoms with Gasteiger partial charge in [-0.15, -0.1) is 5.92 Å². The molecule has 0 aromatic heterocycles. The van der Waals surface area contributed by atoms with E-state index in [1.165, 1.54) is 0 Å². The molecule has 2 amide bonds. The Bertz CT molecular complexity index is 509. The molecule has 1 fully saturated rings. The zero-order valence-corrected chi connectivity index (χ0v) is 14.9. The lowest BCUT2D eigenvalue weighted by atomic mass is 10.1. The maximum absolute atomic E-state index is 12.2. The van der Waals surface area contributed by atoms with Gasteiger partial charge in [-0.2, -0.15) is 0 Å². The molecule has 1 aliphatic heterocycles. The molecule has 140 valence electrons. The Hall–Kier alpha value is -2.23. The molecule has 0 saturated carbocycles. The zero-order valence-electron chi connectivity index (χ0n) is 14.9. The number of nitrogens with one attached hydrogen (secondary N) is 1. The van der Waals surface area contributed by atoms with Crippen LogP contribution >= 0.6 is 0 Å². The Kier molecular flexibility index (Phi) is 10.1. The highest BCUT2D eigenvalue weighted by atomic mass is 16.5. The van der Waals surface area contributed by atoms with Gasteiger partial charge in [0.15, 0.2) is 0 Å². The molecule has 0 unspecified atom stereocenters. The Labute approximate surface area is 149 Å². The van der Waals surface area contributed by atoms with Crippen LogP contribution in [0.4, 0.5) is 4.79 Å². The van der Waals surface area contributed by atoms with Gasteiger partial charge in [0, 0.05) is 25.9 Å². The summed E-state index contributed by atoms with van der Waals surface area (Å²) in [4.78, 5) is 35.8. The molecule has 7 heteroatoms. The van der Waals surface area contributed by atoms with Crippen molar-refractivity contribution < 1.29 is 24.2 Å². The van der Waals surface area contributed by atoms with Crippen LogP contribution in [0.5, 0.6) is 0 Å². The van der Waals surface area contributed by atoms with Gasteiger partial charge < -0.3 is 20.1 Å². The van der Waals surface area contributed by atoms with Gasteiger partial charge in [-0.3, -0.25) is 9.59 Å². The van der Waals surface area contributed by atoms with Crippen molar-refractivity contribution in [3.05, 3.63) is 0 Å². The van der Waals surface area contributed by atoms with Crippen LogP contribution in [0.25, 0.3) is 0 Å². The molecule has 1 aliphatic rings. The molecule has 0 spiro atoms. The molecule has 2 N–H and O–H groups in total. The van der Waals surface area contributed by atoms with Crippen LogP contribution in [-0.2, 0) is 14.3 Å². The fourth-order valence-electron chi connectivity index (χ4n) is 2.48. The topological polar surface area (TPSA) is 95.9 Å². The molecular weight excluding hydrogens is 324 g/mol. The molecule has 1 atom stereocenters. The highest BCUT2D eigenvalue weighted by Gasteiger charge is 2.31. The number of amides is 2. The van der Waals surface area contributed by atoms with Gasteiger partial charge in [-0.1, -0.05) is 25.7 Å². The molecule has 1 heterocycles. The first-order valence-electron chi connectivity index (χ1n) is 8.91. The van der Waals surface area contributed by atoms with Gasteiger partial charge >= 0.3 is 12.1 Å². The zero-order chi connectivity index (χ0) is 18.5. The van der Waals surface area contributed by atoms with Gasteiger partial charge in [-0.05, 0) is 19.3 Å². The number of aliphatic carboxylic acids is 1. The normalized spacial score (nSPS) is 16.3. The van der Waals surface area contributed by atoms with E-state index in [4.69, 9.17) is 9.84 Å². The van der Waals surface area contributed by atoms with Gasteiger partial charge in [0.1, 0.15) is 6.61 Å². The summed E-state index contributed by atoms with van der Waals surface area (Å²) in [5, 5.41) is 11.2. The Morgan fingerprint density at radius 1 is 1.32 bits per heavy atom. The molecule has 1 saturated heterocycles. The first kappa shape index (κ1) is 20.8. The van der Waals surface area contributed by atoms with E-state index in [1.807, 2.05) is 0 Å². The molecule has 7 nitrogen and oxygen atoms in total. The van der Waals surface area contributed by atoms with Crippen molar-refractivity contribution in [2.75, 3.05) is 26.2 Å². The predicted octanol–water partition coefficient (Wildman–Crippen LogP) is 2.01. The highest BCUT2D eigenvalue weighted by Crippen LogP contribution is 2.17. The second-order valence-electron chi connectivity index (χ2n) is 6.08. The predicted molar refractivity (Wildman–Crippen MR) is 92.8 cm³/mol. The van der Waals surface area contributed by atoms with E-state index >= 15 is 0 Å². The van der Waals surface area contributed by atoms with Crippen molar-refractivity contribution in [3.8, 4) is 11.8 Å². The van der Waals surface area contributed by atoms with Crippen LogP contribution in [0.15, 0.2) is 0 Å². The Morgan fingerprint density at radius 3 is 2.84 bits per heavy atom.